The Bertz CT molecular complexity index is 649. The molecule has 0 bridgehead atoms. The highest BCUT2D eigenvalue weighted by atomic mass is 31.2. The molecule has 1 unspecified atom stereocenters. The molecule has 0 fully saturated rings. The van der Waals surface area contributed by atoms with Crippen molar-refractivity contribution in [1.82, 2.24) is 14.5 Å². The summed E-state index contributed by atoms with van der Waals surface area (Å²) in [6.45, 7) is 2.45. The van der Waals surface area contributed by atoms with Gasteiger partial charge in [0.15, 0.2) is 0 Å². The number of aromatic nitrogens is 3. The zero-order chi connectivity index (χ0) is 18.2. The Labute approximate surface area is 137 Å². The van der Waals surface area contributed by atoms with Crippen molar-refractivity contribution in [3.63, 3.8) is 0 Å². The van der Waals surface area contributed by atoms with Gasteiger partial charge in [0.25, 0.3) is 0 Å². The molecule has 0 saturated heterocycles. The van der Waals surface area contributed by atoms with Gasteiger partial charge in [-0.25, -0.2) is 14.6 Å². The van der Waals surface area contributed by atoms with E-state index in [0.717, 1.165) is 4.57 Å². The van der Waals surface area contributed by atoms with Crippen LogP contribution in [0.15, 0.2) is 11.1 Å². The smallest absolute Gasteiger partial charge is 0.432 e. The van der Waals surface area contributed by atoms with Gasteiger partial charge < -0.3 is 24.8 Å². The number of carbonyl (C=O) groups excluding carboxylic acids is 1. The number of nitrogen functional groups attached to an aromatic ring is 1. The van der Waals surface area contributed by atoms with Crippen LogP contribution >= 0.6 is 7.60 Å². The first-order chi connectivity index (χ1) is 11.2. The van der Waals surface area contributed by atoms with Crippen LogP contribution in [0.3, 0.4) is 0 Å². The minimum absolute atomic E-state index is 0.0519. The summed E-state index contributed by atoms with van der Waals surface area (Å²) >= 11 is 0. The van der Waals surface area contributed by atoms with Gasteiger partial charge in [0, 0.05) is 0 Å². The summed E-state index contributed by atoms with van der Waals surface area (Å²) < 4.78 is 31.3. The molecule has 1 aromatic heterocycles. The summed E-state index contributed by atoms with van der Waals surface area (Å²) in [5, 5.41) is 0. The lowest BCUT2D eigenvalue weighted by atomic mass is 10.5. The van der Waals surface area contributed by atoms with Crippen molar-refractivity contribution >= 4 is 19.7 Å². The predicted molar refractivity (Wildman–Crippen MR) is 80.0 cm³/mol. The average molecular weight is 366 g/mol. The van der Waals surface area contributed by atoms with Crippen molar-refractivity contribution in [1.29, 1.82) is 0 Å². The van der Waals surface area contributed by atoms with Crippen LogP contribution in [-0.4, -0.2) is 51.4 Å². The van der Waals surface area contributed by atoms with Crippen molar-refractivity contribution in [2.24, 2.45) is 0 Å². The molecule has 12 nitrogen and oxygen atoms in total. The third kappa shape index (κ3) is 8.02. The highest BCUT2D eigenvalue weighted by molar-refractivity contribution is 7.52. The van der Waals surface area contributed by atoms with E-state index in [1.54, 1.807) is 13.8 Å². The third-order valence-corrected chi connectivity index (χ3v) is 3.30. The van der Waals surface area contributed by atoms with Crippen LogP contribution in [0, 0.1) is 0 Å². The third-order valence-electron chi connectivity index (χ3n) is 2.28. The van der Waals surface area contributed by atoms with E-state index in [1.165, 1.54) is 6.33 Å². The maximum Gasteiger partial charge on any atom is 0.510 e. The molecular formula is C11H19N4O8P. The number of hydrogen-bond donors (Lipinski definition) is 2. The van der Waals surface area contributed by atoms with Crippen LogP contribution < -0.4 is 11.4 Å². The van der Waals surface area contributed by atoms with E-state index in [1.807, 2.05) is 0 Å². The second kappa shape index (κ2) is 9.33. The maximum absolute atomic E-state index is 11.6. The number of hydrogen-bond acceptors (Lipinski definition) is 10. The van der Waals surface area contributed by atoms with E-state index in [2.05, 4.69) is 24.0 Å². The van der Waals surface area contributed by atoms with Crippen molar-refractivity contribution < 1.29 is 33.0 Å². The van der Waals surface area contributed by atoms with Gasteiger partial charge in [0.1, 0.15) is 12.7 Å². The number of nitrogens with two attached hydrogens (primary N) is 1. The molecule has 0 radical (unpaired) electrons. The molecule has 1 aromatic rings. The Balaban J connectivity index is 2.26. The zero-order valence-electron chi connectivity index (χ0n) is 13.2. The van der Waals surface area contributed by atoms with Crippen LogP contribution in [0.5, 0.6) is 0 Å². The van der Waals surface area contributed by atoms with Crippen LogP contribution in [0.2, 0.25) is 0 Å². The van der Waals surface area contributed by atoms with Gasteiger partial charge in [-0.15, -0.1) is 0 Å². The van der Waals surface area contributed by atoms with Gasteiger partial charge in [-0.1, -0.05) is 0 Å². The van der Waals surface area contributed by atoms with E-state index < -0.39 is 32.6 Å². The van der Waals surface area contributed by atoms with E-state index >= 15 is 0 Å². The first-order valence-electron chi connectivity index (χ1n) is 6.76. The van der Waals surface area contributed by atoms with Gasteiger partial charge in [-0.3, -0.25) is 13.7 Å². The second-order valence-corrected chi connectivity index (χ2v) is 6.46. The van der Waals surface area contributed by atoms with Gasteiger partial charge in [-0.2, -0.15) is 4.98 Å². The quantitative estimate of drug-likeness (QED) is 0.260. The number of nitrogens with zero attached hydrogens (tertiary/aromatic N) is 3. The van der Waals surface area contributed by atoms with Crippen molar-refractivity contribution in [2.45, 2.75) is 26.5 Å². The molecule has 0 aliphatic heterocycles. The molecule has 0 aliphatic carbocycles. The average Bonchev–Trinajstić information content (AvgIpc) is 2.44. The molecule has 0 amide bonds. The maximum atomic E-state index is 11.6. The minimum Gasteiger partial charge on any atom is -0.432 e. The first kappa shape index (κ1) is 20.0. The molecule has 1 heterocycles. The van der Waals surface area contributed by atoms with Gasteiger partial charge >= 0.3 is 19.4 Å². The van der Waals surface area contributed by atoms with Crippen LogP contribution in [0.1, 0.15) is 13.8 Å². The normalized spacial score (nSPS) is 13.5. The number of carbonyl (C=O) groups is 1. The summed E-state index contributed by atoms with van der Waals surface area (Å²) in [5.74, 6) is -0.151. The molecule has 0 aliphatic rings. The highest BCUT2D eigenvalue weighted by Crippen LogP contribution is 2.41. The van der Waals surface area contributed by atoms with E-state index in [-0.39, 0.29) is 25.2 Å². The zero-order valence-corrected chi connectivity index (χ0v) is 14.0. The van der Waals surface area contributed by atoms with Gasteiger partial charge in [-0.05, 0) is 13.8 Å². The lowest BCUT2D eigenvalue weighted by Gasteiger charge is -2.13. The molecule has 1 atom stereocenters. The molecule has 0 saturated carbocycles. The SMILES string of the molecule is CC(C)OC(=O)OCOP(=O)(O)COCCn1cnc(N)nc1=O. The molecule has 3 N–H and O–H groups in total. The second-order valence-electron chi connectivity index (χ2n) is 4.67. The summed E-state index contributed by atoms with van der Waals surface area (Å²) in [6.07, 6.45) is -0.881. The summed E-state index contributed by atoms with van der Waals surface area (Å²) in [4.78, 5) is 38.9. The summed E-state index contributed by atoms with van der Waals surface area (Å²) in [5.41, 5.74) is 4.62. The van der Waals surface area contributed by atoms with Gasteiger partial charge in [0.05, 0.1) is 19.3 Å². The fourth-order valence-electron chi connectivity index (χ4n) is 1.29. The predicted octanol–water partition coefficient (Wildman–Crippen LogP) is -0.0843. The van der Waals surface area contributed by atoms with Crippen molar-refractivity contribution in [3.05, 3.63) is 16.8 Å². The van der Waals surface area contributed by atoms with Gasteiger partial charge in [0.2, 0.25) is 12.7 Å². The Morgan fingerprint density at radius 3 is 2.83 bits per heavy atom. The van der Waals surface area contributed by atoms with Crippen molar-refractivity contribution in [3.8, 4) is 0 Å². The van der Waals surface area contributed by atoms with Crippen molar-refractivity contribution in [2.75, 3.05) is 25.5 Å². The molecule has 13 heteroatoms. The van der Waals surface area contributed by atoms with E-state index in [9.17, 15) is 19.0 Å². The molecular weight excluding hydrogens is 347 g/mol. The van der Waals surface area contributed by atoms with E-state index in [0.29, 0.717) is 0 Å². The summed E-state index contributed by atoms with van der Waals surface area (Å²) in [6, 6.07) is 0. The Kier molecular flexibility index (Phi) is 7.79. The number of anilines is 1. The highest BCUT2D eigenvalue weighted by Gasteiger charge is 2.21. The Morgan fingerprint density at radius 1 is 1.50 bits per heavy atom. The summed E-state index contributed by atoms with van der Waals surface area (Å²) in [7, 11) is -4.12. The standard InChI is InChI=1S/C11H19N4O8P/c1-8(2)23-11(17)21-6-22-24(18,19)7-20-4-3-15-5-13-9(12)14-10(15)16/h5,8H,3-4,6-7H2,1-2H3,(H,18,19)(H2,12,14,16). The largest absolute Gasteiger partial charge is 0.510 e. The van der Waals surface area contributed by atoms with Crippen LogP contribution in [0.25, 0.3) is 0 Å². The van der Waals surface area contributed by atoms with Crippen LogP contribution in [-0.2, 0) is 29.8 Å². The Hall–Kier alpha value is -2.01. The molecule has 136 valence electrons. The fraction of sp³-hybridized carbons (Fsp3) is 0.636. The molecule has 24 heavy (non-hydrogen) atoms. The van der Waals surface area contributed by atoms with Crippen LogP contribution in [0.4, 0.5) is 10.7 Å². The molecule has 0 aromatic carbocycles. The fourth-order valence-corrected chi connectivity index (χ4v) is 1.94. The first-order valence-corrected chi connectivity index (χ1v) is 8.52. The molecule has 1 rings (SSSR count). The minimum atomic E-state index is -4.12. The van der Waals surface area contributed by atoms with E-state index in [4.69, 9.17) is 10.5 Å². The monoisotopic (exact) mass is 366 g/mol. The Morgan fingerprint density at radius 2 is 2.21 bits per heavy atom. The number of rotatable bonds is 9. The molecule has 0 spiro atoms. The number of ether oxygens (including phenoxy) is 3. The lowest BCUT2D eigenvalue weighted by Crippen LogP contribution is -2.26. The topological polar surface area (TPSA) is 165 Å². The lowest BCUT2D eigenvalue weighted by molar-refractivity contribution is -0.0133.